The van der Waals surface area contributed by atoms with Crippen LogP contribution in [0.5, 0.6) is 5.75 Å². The van der Waals surface area contributed by atoms with Crippen molar-refractivity contribution in [2.24, 2.45) is 0 Å². The van der Waals surface area contributed by atoms with Crippen molar-refractivity contribution in [3.63, 3.8) is 0 Å². The molecule has 0 radical (unpaired) electrons. The number of rotatable bonds is 2. The maximum absolute atomic E-state index is 10.9. The van der Waals surface area contributed by atoms with Gasteiger partial charge in [0.2, 0.25) is 9.05 Å². The van der Waals surface area contributed by atoms with Crippen molar-refractivity contribution < 1.29 is 13.2 Å². The van der Waals surface area contributed by atoms with Crippen molar-refractivity contribution in [2.75, 3.05) is 25.1 Å². The molecule has 0 saturated heterocycles. The molecule has 16 heavy (non-hydrogen) atoms. The van der Waals surface area contributed by atoms with Gasteiger partial charge in [0.05, 0.1) is 18.0 Å². The molecule has 0 atom stereocenters. The van der Waals surface area contributed by atoms with E-state index in [9.17, 15) is 8.42 Å². The Balaban J connectivity index is 2.32. The summed E-state index contributed by atoms with van der Waals surface area (Å²) in [5.74, 6) is 0.543. The zero-order chi connectivity index (χ0) is 11.8. The van der Waals surface area contributed by atoms with E-state index in [1.54, 1.807) is 12.1 Å². The number of nitrogens with zero attached hydrogens (tertiary/aromatic N) is 1. The number of halogens is 1. The first-order valence-electron chi connectivity index (χ1n) is 4.85. The molecule has 1 aliphatic rings. The van der Waals surface area contributed by atoms with Crippen molar-refractivity contribution in [3.05, 3.63) is 23.8 Å². The van der Waals surface area contributed by atoms with E-state index in [1.807, 2.05) is 13.1 Å². The van der Waals surface area contributed by atoms with E-state index in [1.165, 1.54) is 0 Å². The number of likely N-dealkylation sites (N-methyl/N-ethyl adjacent to an activating group) is 1. The van der Waals surface area contributed by atoms with Crippen molar-refractivity contribution >= 4 is 25.4 Å². The predicted octanol–water partition coefficient (Wildman–Crippen LogP) is 1.58. The largest absolute Gasteiger partial charge is 0.490 e. The highest BCUT2D eigenvalue weighted by Crippen LogP contribution is 2.32. The van der Waals surface area contributed by atoms with E-state index >= 15 is 0 Å². The molecule has 1 heterocycles. The fourth-order valence-corrected chi connectivity index (χ4v) is 2.65. The lowest BCUT2D eigenvalue weighted by molar-refractivity contribution is 0.311. The summed E-state index contributed by atoms with van der Waals surface area (Å²) in [5.41, 5.74) is 1.62. The molecule has 0 fully saturated rings. The van der Waals surface area contributed by atoms with Gasteiger partial charge < -0.3 is 9.64 Å². The Kier molecular flexibility index (Phi) is 2.99. The van der Waals surface area contributed by atoms with Crippen LogP contribution in [0.1, 0.15) is 5.56 Å². The van der Waals surface area contributed by atoms with Gasteiger partial charge in [-0.25, -0.2) is 8.42 Å². The molecule has 0 N–H and O–H groups in total. The number of ether oxygens (including phenoxy) is 1. The van der Waals surface area contributed by atoms with Gasteiger partial charge in [0.15, 0.2) is 0 Å². The lowest BCUT2D eigenvalue weighted by Crippen LogP contribution is -2.28. The first-order valence-corrected chi connectivity index (χ1v) is 7.33. The van der Waals surface area contributed by atoms with Crippen LogP contribution in [-0.2, 0) is 14.8 Å². The number of hydrogen-bond acceptors (Lipinski definition) is 4. The third-order valence-corrected chi connectivity index (χ3v) is 3.46. The van der Waals surface area contributed by atoms with Gasteiger partial charge in [-0.15, -0.1) is 0 Å². The molecule has 1 aliphatic heterocycles. The Morgan fingerprint density at radius 3 is 2.94 bits per heavy atom. The minimum atomic E-state index is -3.51. The molecule has 0 bridgehead atoms. The lowest BCUT2D eigenvalue weighted by atomic mass is 10.2. The van der Waals surface area contributed by atoms with Crippen LogP contribution < -0.4 is 9.64 Å². The van der Waals surface area contributed by atoms with Crippen LogP contribution in [0.4, 0.5) is 5.69 Å². The molecule has 2 rings (SSSR count). The minimum absolute atomic E-state index is 0.172. The molecule has 4 nitrogen and oxygen atoms in total. The number of hydrogen-bond donors (Lipinski definition) is 0. The molecular formula is C10H12ClNO3S. The summed E-state index contributed by atoms with van der Waals surface area (Å²) in [5, 5.41) is 0. The summed E-state index contributed by atoms with van der Waals surface area (Å²) < 4.78 is 27.4. The Morgan fingerprint density at radius 2 is 2.25 bits per heavy atom. The van der Waals surface area contributed by atoms with Gasteiger partial charge in [-0.1, -0.05) is 6.07 Å². The zero-order valence-electron chi connectivity index (χ0n) is 8.81. The van der Waals surface area contributed by atoms with Gasteiger partial charge in [-0.3, -0.25) is 0 Å². The molecule has 0 unspecified atom stereocenters. The fourth-order valence-electron chi connectivity index (χ4n) is 1.69. The zero-order valence-corrected chi connectivity index (χ0v) is 10.4. The van der Waals surface area contributed by atoms with Crippen LogP contribution in [0.3, 0.4) is 0 Å². The van der Waals surface area contributed by atoms with Crippen molar-refractivity contribution in [3.8, 4) is 5.75 Å². The van der Waals surface area contributed by atoms with Crippen molar-refractivity contribution in [1.82, 2.24) is 0 Å². The van der Waals surface area contributed by atoms with E-state index in [2.05, 4.69) is 4.90 Å². The molecular weight excluding hydrogens is 250 g/mol. The fraction of sp³-hybridized carbons (Fsp3) is 0.400. The molecule has 0 amide bonds. The van der Waals surface area contributed by atoms with Gasteiger partial charge in [0.1, 0.15) is 12.4 Å². The Labute approximate surface area is 99.2 Å². The molecule has 0 spiro atoms. The molecule has 0 aliphatic carbocycles. The van der Waals surface area contributed by atoms with Crippen LogP contribution in [0.2, 0.25) is 0 Å². The number of anilines is 1. The second-order valence-electron chi connectivity index (χ2n) is 3.76. The van der Waals surface area contributed by atoms with E-state index < -0.39 is 9.05 Å². The normalized spacial score (nSPS) is 15.5. The molecule has 88 valence electrons. The quantitative estimate of drug-likeness (QED) is 0.759. The first kappa shape index (κ1) is 11.5. The highest BCUT2D eigenvalue weighted by Gasteiger charge is 2.16. The Bertz CT molecular complexity index is 501. The Morgan fingerprint density at radius 1 is 1.50 bits per heavy atom. The van der Waals surface area contributed by atoms with Gasteiger partial charge in [-0.2, -0.15) is 0 Å². The first-order chi connectivity index (χ1) is 7.46. The monoisotopic (exact) mass is 261 g/mol. The molecule has 0 saturated carbocycles. The van der Waals surface area contributed by atoms with E-state index in [4.69, 9.17) is 15.4 Å². The SMILES string of the molecule is CN1CCOc2cc(CS(=O)(=O)Cl)ccc21. The third-order valence-electron chi connectivity index (χ3n) is 2.46. The molecule has 6 heteroatoms. The molecule has 1 aromatic rings. The van der Waals surface area contributed by atoms with E-state index in [-0.39, 0.29) is 5.75 Å². The average Bonchev–Trinajstić information content (AvgIpc) is 2.15. The van der Waals surface area contributed by atoms with E-state index in [0.717, 1.165) is 12.2 Å². The number of benzene rings is 1. The predicted molar refractivity (Wildman–Crippen MR) is 63.7 cm³/mol. The average molecular weight is 262 g/mol. The Hall–Kier alpha value is -0.940. The maximum atomic E-state index is 10.9. The molecule has 1 aromatic carbocycles. The van der Waals surface area contributed by atoms with Gasteiger partial charge in [-0.05, 0) is 17.7 Å². The summed E-state index contributed by atoms with van der Waals surface area (Å²) in [7, 11) is 3.66. The highest BCUT2D eigenvalue weighted by atomic mass is 35.7. The topological polar surface area (TPSA) is 46.6 Å². The number of fused-ring (bicyclic) bond motifs is 1. The van der Waals surface area contributed by atoms with Crippen LogP contribution in [0, 0.1) is 0 Å². The third kappa shape index (κ3) is 2.59. The second kappa shape index (κ2) is 4.14. The van der Waals surface area contributed by atoms with E-state index in [0.29, 0.717) is 17.9 Å². The molecule has 0 aromatic heterocycles. The maximum Gasteiger partial charge on any atom is 0.236 e. The van der Waals surface area contributed by atoms with Crippen molar-refractivity contribution in [2.45, 2.75) is 5.75 Å². The summed E-state index contributed by atoms with van der Waals surface area (Å²) in [6.45, 7) is 1.45. The van der Waals surface area contributed by atoms with Crippen LogP contribution in [0.25, 0.3) is 0 Å². The smallest absolute Gasteiger partial charge is 0.236 e. The van der Waals surface area contributed by atoms with Gasteiger partial charge in [0.25, 0.3) is 0 Å². The van der Waals surface area contributed by atoms with Crippen LogP contribution >= 0.6 is 10.7 Å². The van der Waals surface area contributed by atoms with Gasteiger partial charge in [0, 0.05) is 17.7 Å². The van der Waals surface area contributed by atoms with Crippen molar-refractivity contribution in [1.29, 1.82) is 0 Å². The summed E-state index contributed by atoms with van der Waals surface area (Å²) in [4.78, 5) is 2.07. The summed E-state index contributed by atoms with van der Waals surface area (Å²) in [6, 6.07) is 5.33. The summed E-state index contributed by atoms with van der Waals surface area (Å²) >= 11 is 0. The second-order valence-corrected chi connectivity index (χ2v) is 6.53. The van der Waals surface area contributed by atoms with Crippen LogP contribution in [-0.4, -0.2) is 28.6 Å². The summed E-state index contributed by atoms with van der Waals surface area (Å²) in [6.07, 6.45) is 0. The minimum Gasteiger partial charge on any atom is -0.490 e. The standard InChI is InChI=1S/C10H12ClNO3S/c1-12-4-5-15-10-6-8(2-3-9(10)12)7-16(11,13)14/h2-3,6H,4-5,7H2,1H3. The highest BCUT2D eigenvalue weighted by molar-refractivity contribution is 8.13. The van der Waals surface area contributed by atoms with Crippen LogP contribution in [0.15, 0.2) is 18.2 Å². The van der Waals surface area contributed by atoms with Gasteiger partial charge >= 0.3 is 0 Å². The lowest BCUT2D eigenvalue weighted by Gasteiger charge is -2.27.